The van der Waals surface area contributed by atoms with Crippen molar-refractivity contribution in [1.82, 2.24) is 15.5 Å². The third kappa shape index (κ3) is 2.84. The summed E-state index contributed by atoms with van der Waals surface area (Å²) < 4.78 is 15.7. The van der Waals surface area contributed by atoms with Gasteiger partial charge in [-0.05, 0) is 18.6 Å². The number of ether oxygens (including phenoxy) is 2. The van der Waals surface area contributed by atoms with E-state index in [4.69, 9.17) is 14.0 Å². The number of nitrogens with one attached hydrogen (secondary N) is 1. The quantitative estimate of drug-likeness (QED) is 0.873. The summed E-state index contributed by atoms with van der Waals surface area (Å²) in [7, 11) is 3.17. The van der Waals surface area contributed by atoms with Crippen LogP contribution in [0.1, 0.15) is 18.4 Å². The minimum atomic E-state index is -0.373. The second-order valence-electron chi connectivity index (χ2n) is 4.91. The third-order valence-corrected chi connectivity index (χ3v) is 3.46. The SMILES string of the molecule is COc1cc(OC)cc(-c2noc([C@H]3C[C@@H](O)CN3)n2)c1. The highest BCUT2D eigenvalue weighted by molar-refractivity contribution is 5.60. The topological polar surface area (TPSA) is 89.6 Å². The van der Waals surface area contributed by atoms with Crippen molar-refractivity contribution in [1.29, 1.82) is 0 Å². The molecule has 112 valence electrons. The van der Waals surface area contributed by atoms with E-state index < -0.39 is 0 Å². The van der Waals surface area contributed by atoms with Gasteiger partial charge in [0.1, 0.15) is 11.5 Å². The Morgan fingerprint density at radius 2 is 1.95 bits per heavy atom. The maximum Gasteiger partial charge on any atom is 0.244 e. The Morgan fingerprint density at radius 3 is 2.52 bits per heavy atom. The van der Waals surface area contributed by atoms with Crippen molar-refractivity contribution in [2.45, 2.75) is 18.6 Å². The molecule has 1 aliphatic heterocycles. The molecule has 2 atom stereocenters. The predicted molar refractivity (Wildman–Crippen MR) is 74.2 cm³/mol. The fourth-order valence-electron chi connectivity index (χ4n) is 2.34. The predicted octanol–water partition coefficient (Wildman–Crippen LogP) is 1.15. The molecule has 21 heavy (non-hydrogen) atoms. The van der Waals surface area contributed by atoms with Gasteiger partial charge in [-0.3, -0.25) is 0 Å². The first-order valence-corrected chi connectivity index (χ1v) is 6.68. The average molecular weight is 291 g/mol. The van der Waals surface area contributed by atoms with Crippen LogP contribution in [0, 0.1) is 0 Å². The van der Waals surface area contributed by atoms with Gasteiger partial charge in [0.2, 0.25) is 11.7 Å². The molecule has 0 saturated carbocycles. The van der Waals surface area contributed by atoms with Gasteiger partial charge in [-0.15, -0.1) is 0 Å². The fourth-order valence-corrected chi connectivity index (χ4v) is 2.34. The van der Waals surface area contributed by atoms with E-state index in [2.05, 4.69) is 15.5 Å². The molecule has 0 bridgehead atoms. The molecule has 1 aliphatic rings. The molecule has 2 aromatic rings. The number of rotatable bonds is 4. The van der Waals surface area contributed by atoms with Crippen molar-refractivity contribution in [3.8, 4) is 22.9 Å². The number of aliphatic hydroxyl groups excluding tert-OH is 1. The number of benzene rings is 1. The van der Waals surface area contributed by atoms with Gasteiger partial charge in [-0.2, -0.15) is 4.98 Å². The first-order valence-electron chi connectivity index (χ1n) is 6.68. The summed E-state index contributed by atoms with van der Waals surface area (Å²) in [5.41, 5.74) is 0.750. The molecule has 1 saturated heterocycles. The summed E-state index contributed by atoms with van der Waals surface area (Å²) in [5.74, 6) is 2.25. The van der Waals surface area contributed by atoms with E-state index in [1.807, 2.05) is 12.1 Å². The Balaban J connectivity index is 1.89. The van der Waals surface area contributed by atoms with Crippen LogP contribution < -0.4 is 14.8 Å². The van der Waals surface area contributed by atoms with E-state index in [0.29, 0.717) is 36.2 Å². The zero-order valence-electron chi connectivity index (χ0n) is 11.9. The molecule has 7 heteroatoms. The lowest BCUT2D eigenvalue weighted by Gasteiger charge is -2.05. The summed E-state index contributed by atoms with van der Waals surface area (Å²) in [6.07, 6.45) is 0.200. The van der Waals surface area contributed by atoms with E-state index in [0.717, 1.165) is 5.56 Å². The highest BCUT2D eigenvalue weighted by Crippen LogP contribution is 2.29. The summed E-state index contributed by atoms with van der Waals surface area (Å²) in [5, 5.41) is 16.7. The van der Waals surface area contributed by atoms with Crippen molar-refractivity contribution in [3.63, 3.8) is 0 Å². The molecule has 1 fully saturated rings. The van der Waals surface area contributed by atoms with Crippen LogP contribution in [0.4, 0.5) is 0 Å². The lowest BCUT2D eigenvalue weighted by Crippen LogP contribution is -2.15. The molecule has 3 rings (SSSR count). The Bertz CT molecular complexity index is 606. The van der Waals surface area contributed by atoms with Crippen molar-refractivity contribution in [3.05, 3.63) is 24.1 Å². The Labute approximate surface area is 121 Å². The molecule has 1 aromatic carbocycles. The molecule has 0 spiro atoms. The van der Waals surface area contributed by atoms with Gasteiger partial charge in [0, 0.05) is 18.2 Å². The van der Waals surface area contributed by atoms with Crippen molar-refractivity contribution >= 4 is 0 Å². The third-order valence-electron chi connectivity index (χ3n) is 3.46. The Hall–Kier alpha value is -2.12. The van der Waals surface area contributed by atoms with Crippen molar-refractivity contribution in [2.75, 3.05) is 20.8 Å². The van der Waals surface area contributed by atoms with E-state index in [1.165, 1.54) is 0 Å². The molecule has 1 aromatic heterocycles. The molecular formula is C14H17N3O4. The van der Waals surface area contributed by atoms with E-state index in [9.17, 15) is 5.11 Å². The maximum atomic E-state index is 9.54. The van der Waals surface area contributed by atoms with Crippen molar-refractivity contribution < 1.29 is 19.1 Å². The van der Waals surface area contributed by atoms with Gasteiger partial charge in [0.15, 0.2) is 0 Å². The van der Waals surface area contributed by atoms with Gasteiger partial charge >= 0.3 is 0 Å². The Kier molecular flexibility index (Phi) is 3.76. The van der Waals surface area contributed by atoms with Gasteiger partial charge in [0.25, 0.3) is 0 Å². The zero-order valence-corrected chi connectivity index (χ0v) is 11.9. The van der Waals surface area contributed by atoms with Crippen LogP contribution in [-0.4, -0.2) is 42.1 Å². The van der Waals surface area contributed by atoms with E-state index in [1.54, 1.807) is 20.3 Å². The molecule has 7 nitrogen and oxygen atoms in total. The lowest BCUT2D eigenvalue weighted by atomic mass is 10.2. The monoisotopic (exact) mass is 291 g/mol. The number of β-amino-alcohol motifs (C(OH)–C–C–N with tert-alkyl or cyclic N) is 1. The molecule has 0 amide bonds. The number of aliphatic hydroxyl groups is 1. The van der Waals surface area contributed by atoms with Crippen LogP contribution in [0.2, 0.25) is 0 Å². The molecule has 0 radical (unpaired) electrons. The summed E-state index contributed by atoms with van der Waals surface area (Å²) >= 11 is 0. The van der Waals surface area contributed by atoms with Gasteiger partial charge in [0.05, 0.1) is 26.4 Å². The number of nitrogens with zero attached hydrogens (tertiary/aromatic N) is 2. The second kappa shape index (κ2) is 5.71. The molecule has 0 aliphatic carbocycles. The highest BCUT2D eigenvalue weighted by Gasteiger charge is 2.28. The smallest absolute Gasteiger partial charge is 0.244 e. The zero-order chi connectivity index (χ0) is 14.8. The molecule has 0 unspecified atom stereocenters. The Morgan fingerprint density at radius 1 is 1.24 bits per heavy atom. The second-order valence-corrected chi connectivity index (χ2v) is 4.91. The van der Waals surface area contributed by atoms with Crippen LogP contribution in [0.5, 0.6) is 11.5 Å². The van der Waals surface area contributed by atoms with Crippen LogP contribution in [-0.2, 0) is 0 Å². The number of methoxy groups -OCH3 is 2. The number of aromatic nitrogens is 2. The van der Waals surface area contributed by atoms with Crippen LogP contribution in [0.15, 0.2) is 22.7 Å². The first-order chi connectivity index (χ1) is 10.2. The molecule has 2 N–H and O–H groups in total. The largest absolute Gasteiger partial charge is 0.497 e. The maximum absolute atomic E-state index is 9.54. The minimum absolute atomic E-state index is 0.103. The standard InChI is InChI=1S/C14H17N3O4/c1-19-10-3-8(4-11(6-10)20-2)13-16-14(21-17-13)12-5-9(18)7-15-12/h3-4,6,9,12,15,18H,5,7H2,1-2H3/t9-,12-/m1/s1. The van der Waals surface area contributed by atoms with Crippen LogP contribution >= 0.6 is 0 Å². The summed E-state index contributed by atoms with van der Waals surface area (Å²) in [6.45, 7) is 0.537. The molecular weight excluding hydrogens is 274 g/mol. The fraction of sp³-hybridized carbons (Fsp3) is 0.429. The minimum Gasteiger partial charge on any atom is -0.497 e. The first kappa shape index (κ1) is 13.8. The van der Waals surface area contributed by atoms with Crippen molar-refractivity contribution in [2.24, 2.45) is 0 Å². The van der Waals surface area contributed by atoms with Gasteiger partial charge in [-0.1, -0.05) is 5.16 Å². The molecule has 2 heterocycles. The van der Waals surface area contributed by atoms with Gasteiger partial charge in [-0.25, -0.2) is 0 Å². The summed E-state index contributed by atoms with van der Waals surface area (Å²) in [6, 6.07) is 5.30. The normalized spacial score (nSPS) is 21.5. The van der Waals surface area contributed by atoms with E-state index >= 15 is 0 Å². The average Bonchev–Trinajstić information content (AvgIpc) is 3.15. The van der Waals surface area contributed by atoms with Gasteiger partial charge < -0.3 is 24.4 Å². The highest BCUT2D eigenvalue weighted by atomic mass is 16.5. The van der Waals surface area contributed by atoms with E-state index in [-0.39, 0.29) is 12.1 Å². The summed E-state index contributed by atoms with van der Waals surface area (Å²) in [4.78, 5) is 4.39. The van der Waals surface area contributed by atoms with Crippen LogP contribution in [0.3, 0.4) is 0 Å². The lowest BCUT2D eigenvalue weighted by molar-refractivity contribution is 0.191. The number of hydrogen-bond donors (Lipinski definition) is 2. The van der Waals surface area contributed by atoms with Crippen LogP contribution in [0.25, 0.3) is 11.4 Å². The number of hydrogen-bond acceptors (Lipinski definition) is 7.